The summed E-state index contributed by atoms with van der Waals surface area (Å²) in [5.74, 6) is 2.17. The van der Waals surface area contributed by atoms with Crippen molar-refractivity contribution in [3.05, 3.63) is 41.5 Å². The van der Waals surface area contributed by atoms with Gasteiger partial charge in [0, 0.05) is 18.3 Å². The Kier molecular flexibility index (Phi) is 4.35. The van der Waals surface area contributed by atoms with Crippen LogP contribution in [0, 0.1) is 5.82 Å². The summed E-state index contributed by atoms with van der Waals surface area (Å²) in [4.78, 5) is 0. The number of benzene rings is 1. The Balaban J connectivity index is 1.50. The predicted octanol–water partition coefficient (Wildman–Crippen LogP) is 3.77. The highest BCUT2D eigenvalue weighted by Crippen LogP contribution is 2.40. The third kappa shape index (κ3) is 3.58. The van der Waals surface area contributed by atoms with E-state index >= 15 is 0 Å². The lowest BCUT2D eigenvalue weighted by molar-refractivity contribution is 0.0942. The third-order valence-corrected chi connectivity index (χ3v) is 5.39. The summed E-state index contributed by atoms with van der Waals surface area (Å²) in [6.45, 7) is 1.70. The van der Waals surface area contributed by atoms with Crippen LogP contribution in [0.15, 0.2) is 29.4 Å². The first-order valence-electron chi connectivity index (χ1n) is 8.21. The van der Waals surface area contributed by atoms with E-state index in [1.165, 1.54) is 18.9 Å². The van der Waals surface area contributed by atoms with Gasteiger partial charge in [0.1, 0.15) is 11.6 Å². The first-order valence-corrected chi connectivity index (χ1v) is 9.20. The largest absolute Gasteiger partial charge is 0.376 e. The molecule has 1 unspecified atom stereocenters. The summed E-state index contributed by atoms with van der Waals surface area (Å²) >= 11 is 1.63. The third-order valence-electron chi connectivity index (χ3n) is 4.36. The summed E-state index contributed by atoms with van der Waals surface area (Å²) in [6, 6.07) is 6.74. The molecule has 1 aromatic heterocycles. The Morgan fingerprint density at radius 3 is 2.91 bits per heavy atom. The van der Waals surface area contributed by atoms with Crippen molar-refractivity contribution in [3.63, 3.8) is 0 Å². The molecule has 0 radical (unpaired) electrons. The number of nitrogens with zero attached hydrogens (tertiary/aromatic N) is 3. The van der Waals surface area contributed by atoms with E-state index in [9.17, 15) is 4.39 Å². The van der Waals surface area contributed by atoms with Gasteiger partial charge in [0.25, 0.3) is 0 Å². The molecule has 2 aliphatic rings. The van der Waals surface area contributed by atoms with Crippen LogP contribution in [0.3, 0.4) is 0 Å². The summed E-state index contributed by atoms with van der Waals surface area (Å²) in [7, 11) is 0. The minimum absolute atomic E-state index is 0.192. The van der Waals surface area contributed by atoms with Gasteiger partial charge in [0.15, 0.2) is 5.16 Å². The van der Waals surface area contributed by atoms with E-state index in [2.05, 4.69) is 14.8 Å². The molecule has 1 atom stereocenters. The van der Waals surface area contributed by atoms with Crippen LogP contribution < -0.4 is 0 Å². The molecule has 0 N–H and O–H groups in total. The number of aromatic nitrogens is 3. The van der Waals surface area contributed by atoms with E-state index in [0.717, 1.165) is 42.5 Å². The summed E-state index contributed by atoms with van der Waals surface area (Å²) in [5.41, 5.74) is 0.967. The van der Waals surface area contributed by atoms with Gasteiger partial charge in [-0.3, -0.25) is 0 Å². The van der Waals surface area contributed by atoms with E-state index in [1.807, 2.05) is 6.07 Å². The van der Waals surface area contributed by atoms with Crippen LogP contribution in [0.5, 0.6) is 0 Å². The minimum atomic E-state index is -0.192. The maximum atomic E-state index is 13.3. The van der Waals surface area contributed by atoms with Crippen molar-refractivity contribution in [1.82, 2.24) is 14.8 Å². The Morgan fingerprint density at radius 2 is 2.17 bits per heavy atom. The summed E-state index contributed by atoms with van der Waals surface area (Å²) in [6.07, 6.45) is 4.93. The van der Waals surface area contributed by atoms with E-state index in [4.69, 9.17) is 4.74 Å². The Labute approximate surface area is 139 Å². The molecule has 1 aliphatic heterocycles. The monoisotopic (exact) mass is 333 g/mol. The van der Waals surface area contributed by atoms with Crippen LogP contribution in [0.1, 0.15) is 43.0 Å². The molecule has 1 saturated carbocycles. The van der Waals surface area contributed by atoms with Gasteiger partial charge >= 0.3 is 0 Å². The van der Waals surface area contributed by atoms with Crippen molar-refractivity contribution >= 4 is 11.8 Å². The first-order chi connectivity index (χ1) is 11.3. The molecule has 2 heterocycles. The van der Waals surface area contributed by atoms with Crippen LogP contribution in [0.25, 0.3) is 0 Å². The predicted molar refractivity (Wildman–Crippen MR) is 86.9 cm³/mol. The van der Waals surface area contributed by atoms with Crippen molar-refractivity contribution < 1.29 is 9.13 Å². The van der Waals surface area contributed by atoms with E-state index < -0.39 is 0 Å². The fourth-order valence-electron chi connectivity index (χ4n) is 2.99. The van der Waals surface area contributed by atoms with Crippen LogP contribution in [-0.2, 0) is 17.0 Å². The SMILES string of the molecule is Fc1cccc(CSc2nnc(C3CC3)n2CC2CCCO2)c1. The van der Waals surface area contributed by atoms with Gasteiger partial charge in [-0.15, -0.1) is 10.2 Å². The Bertz CT molecular complexity index is 680. The smallest absolute Gasteiger partial charge is 0.191 e. The highest BCUT2D eigenvalue weighted by Gasteiger charge is 2.31. The van der Waals surface area contributed by atoms with Crippen molar-refractivity contribution in [2.24, 2.45) is 0 Å². The molecule has 1 aliphatic carbocycles. The minimum Gasteiger partial charge on any atom is -0.376 e. The molecular formula is C17H20FN3OS. The standard InChI is InChI=1S/C17H20FN3OS/c18-14-4-1-3-12(9-14)11-23-17-20-19-16(13-6-7-13)21(17)10-15-5-2-8-22-15/h1,3-4,9,13,15H,2,5-8,10-11H2. The fourth-order valence-corrected chi connectivity index (χ4v) is 3.89. The molecule has 6 heteroatoms. The quantitative estimate of drug-likeness (QED) is 0.755. The molecule has 4 rings (SSSR count). The topological polar surface area (TPSA) is 39.9 Å². The maximum absolute atomic E-state index is 13.3. The molecule has 0 spiro atoms. The zero-order chi connectivity index (χ0) is 15.6. The van der Waals surface area contributed by atoms with E-state index in [-0.39, 0.29) is 11.9 Å². The molecule has 2 fully saturated rings. The van der Waals surface area contributed by atoms with Crippen LogP contribution in [0.2, 0.25) is 0 Å². The van der Waals surface area contributed by atoms with Crippen LogP contribution in [0.4, 0.5) is 4.39 Å². The van der Waals surface area contributed by atoms with Gasteiger partial charge in [-0.2, -0.15) is 0 Å². The lowest BCUT2D eigenvalue weighted by atomic mass is 10.2. The second kappa shape index (κ2) is 6.61. The van der Waals surface area contributed by atoms with E-state index in [1.54, 1.807) is 23.9 Å². The average molecular weight is 333 g/mol. The normalized spacial score (nSPS) is 21.0. The lowest BCUT2D eigenvalue weighted by Crippen LogP contribution is -2.17. The number of ether oxygens (including phenoxy) is 1. The van der Waals surface area contributed by atoms with Crippen LogP contribution in [-0.4, -0.2) is 27.5 Å². The molecule has 1 saturated heterocycles. The van der Waals surface area contributed by atoms with E-state index in [0.29, 0.717) is 11.7 Å². The van der Waals surface area contributed by atoms with Crippen LogP contribution >= 0.6 is 11.8 Å². The number of hydrogen-bond donors (Lipinski definition) is 0. The molecule has 4 nitrogen and oxygen atoms in total. The fraction of sp³-hybridized carbons (Fsp3) is 0.529. The maximum Gasteiger partial charge on any atom is 0.191 e. The van der Waals surface area contributed by atoms with Crippen molar-refractivity contribution in [1.29, 1.82) is 0 Å². The Morgan fingerprint density at radius 1 is 1.26 bits per heavy atom. The number of rotatable bonds is 6. The van der Waals surface area contributed by atoms with Gasteiger partial charge in [-0.1, -0.05) is 23.9 Å². The van der Waals surface area contributed by atoms with Gasteiger partial charge in [-0.25, -0.2) is 4.39 Å². The number of halogens is 1. The molecule has 122 valence electrons. The van der Waals surface area contributed by atoms with Gasteiger partial charge in [0.05, 0.1) is 12.6 Å². The average Bonchev–Trinajstić information content (AvgIpc) is 3.11. The lowest BCUT2D eigenvalue weighted by Gasteiger charge is -2.14. The molecule has 2 aromatic rings. The second-order valence-electron chi connectivity index (χ2n) is 6.28. The van der Waals surface area contributed by atoms with Crippen molar-refractivity contribution in [3.8, 4) is 0 Å². The molecular weight excluding hydrogens is 313 g/mol. The molecule has 1 aromatic carbocycles. The number of thioether (sulfide) groups is 1. The Hall–Kier alpha value is -1.40. The first kappa shape index (κ1) is 15.1. The van der Waals surface area contributed by atoms with Gasteiger partial charge in [0.2, 0.25) is 0 Å². The molecule has 0 bridgehead atoms. The molecule has 23 heavy (non-hydrogen) atoms. The van der Waals surface area contributed by atoms with Gasteiger partial charge < -0.3 is 9.30 Å². The van der Waals surface area contributed by atoms with Crippen molar-refractivity contribution in [2.45, 2.75) is 55.2 Å². The van der Waals surface area contributed by atoms with Gasteiger partial charge in [-0.05, 0) is 43.4 Å². The zero-order valence-corrected chi connectivity index (χ0v) is 13.8. The summed E-state index contributed by atoms with van der Waals surface area (Å²) < 4.78 is 21.3. The number of hydrogen-bond acceptors (Lipinski definition) is 4. The summed E-state index contributed by atoms with van der Waals surface area (Å²) in [5, 5.41) is 9.72. The molecule has 0 amide bonds. The zero-order valence-electron chi connectivity index (χ0n) is 12.9. The van der Waals surface area contributed by atoms with Crippen molar-refractivity contribution in [2.75, 3.05) is 6.61 Å². The highest BCUT2D eigenvalue weighted by atomic mass is 32.2. The second-order valence-corrected chi connectivity index (χ2v) is 7.22. The highest BCUT2D eigenvalue weighted by molar-refractivity contribution is 7.98.